The van der Waals surface area contributed by atoms with Crippen molar-refractivity contribution in [2.45, 2.75) is 19.8 Å². The van der Waals surface area contributed by atoms with E-state index in [1.54, 1.807) is 13.0 Å². The van der Waals surface area contributed by atoms with Crippen LogP contribution in [-0.4, -0.2) is 55.1 Å². The third kappa shape index (κ3) is 5.10. The summed E-state index contributed by atoms with van der Waals surface area (Å²) in [7, 11) is -1.77. The van der Waals surface area contributed by atoms with E-state index in [1.807, 2.05) is 6.07 Å². The first kappa shape index (κ1) is 23.8. The molecule has 34 heavy (non-hydrogen) atoms. The van der Waals surface area contributed by atoms with Crippen molar-refractivity contribution in [1.82, 2.24) is 14.9 Å². The monoisotopic (exact) mass is 489 g/mol. The Morgan fingerprint density at radius 2 is 2.06 bits per heavy atom. The van der Waals surface area contributed by atoms with Gasteiger partial charge in [0.25, 0.3) is 5.91 Å². The van der Waals surface area contributed by atoms with Crippen molar-refractivity contribution < 1.29 is 22.0 Å². The zero-order valence-corrected chi connectivity index (χ0v) is 19.6. The molecule has 8 nitrogen and oxygen atoms in total. The predicted molar refractivity (Wildman–Crippen MR) is 128 cm³/mol. The van der Waals surface area contributed by atoms with Gasteiger partial charge in [0.15, 0.2) is 5.82 Å². The number of aromatic nitrogens is 2. The fraction of sp³-hybridized carbons (Fsp3) is 0.304. The molecule has 0 bridgehead atoms. The first-order valence-corrected chi connectivity index (χ1v) is 12.5. The second-order valence-electron chi connectivity index (χ2n) is 8.25. The van der Waals surface area contributed by atoms with Crippen LogP contribution in [0.2, 0.25) is 0 Å². The molecule has 1 amide bonds. The van der Waals surface area contributed by atoms with Crippen LogP contribution in [0, 0.1) is 11.6 Å². The Hall–Kier alpha value is -3.31. The van der Waals surface area contributed by atoms with Gasteiger partial charge in [-0.15, -0.1) is 0 Å². The molecule has 180 valence electrons. The quantitative estimate of drug-likeness (QED) is 0.466. The number of rotatable bonds is 7. The molecule has 11 heteroatoms. The maximum Gasteiger partial charge on any atom is 0.261 e. The number of likely N-dealkylation sites (N-methyl/N-ethyl adjacent to an activating group) is 1. The molecular formula is C23H25F2N5O3S. The number of H-pyrrole nitrogens is 1. The van der Waals surface area contributed by atoms with Gasteiger partial charge >= 0.3 is 0 Å². The zero-order chi connectivity index (χ0) is 24.5. The fourth-order valence-electron chi connectivity index (χ4n) is 3.79. The largest absolute Gasteiger partial charge is 0.339 e. The standard InChI is InChI=1S/C23H25F2N5O3S/c1-3-10-34(32,33)29-18-5-4-17(24)20(21(18)25)23(31)27-16-11-15-12-19(28-22(15)26-13-16)14-6-8-30(2)9-7-14/h4-6,11-13,29H,3,7-10H2,1-2H3,(H,26,28)(H,27,31). The number of hydrogen-bond donors (Lipinski definition) is 3. The van der Waals surface area contributed by atoms with Gasteiger partial charge in [-0.05, 0) is 49.7 Å². The lowest BCUT2D eigenvalue weighted by molar-refractivity contribution is 0.101. The molecule has 1 aromatic carbocycles. The molecule has 0 radical (unpaired) electrons. The molecule has 0 atom stereocenters. The number of anilines is 2. The van der Waals surface area contributed by atoms with Crippen LogP contribution >= 0.6 is 0 Å². The Balaban J connectivity index is 1.57. The Morgan fingerprint density at radius 1 is 1.26 bits per heavy atom. The number of amides is 1. The van der Waals surface area contributed by atoms with Crippen molar-refractivity contribution in [2.75, 3.05) is 35.9 Å². The molecular weight excluding hydrogens is 464 g/mol. The topological polar surface area (TPSA) is 107 Å². The van der Waals surface area contributed by atoms with E-state index in [0.29, 0.717) is 12.1 Å². The number of benzene rings is 1. The highest BCUT2D eigenvalue weighted by Gasteiger charge is 2.23. The first-order valence-electron chi connectivity index (χ1n) is 10.8. The molecule has 0 aliphatic carbocycles. The van der Waals surface area contributed by atoms with Crippen molar-refractivity contribution in [2.24, 2.45) is 0 Å². The van der Waals surface area contributed by atoms with E-state index in [9.17, 15) is 22.0 Å². The molecule has 4 rings (SSSR count). The number of sulfonamides is 1. The Kier molecular flexibility index (Phi) is 6.67. The molecule has 1 aliphatic heterocycles. The Bertz CT molecular complexity index is 1380. The molecule has 0 spiro atoms. The number of hydrogen-bond acceptors (Lipinski definition) is 5. The maximum atomic E-state index is 14.9. The van der Waals surface area contributed by atoms with E-state index in [-0.39, 0.29) is 11.4 Å². The average molecular weight is 490 g/mol. The third-order valence-corrected chi connectivity index (χ3v) is 7.02. The van der Waals surface area contributed by atoms with Gasteiger partial charge in [-0.25, -0.2) is 22.2 Å². The molecule has 3 heterocycles. The summed E-state index contributed by atoms with van der Waals surface area (Å²) < 4.78 is 55.2. The summed E-state index contributed by atoms with van der Waals surface area (Å²) >= 11 is 0. The smallest absolute Gasteiger partial charge is 0.261 e. The van der Waals surface area contributed by atoms with E-state index >= 15 is 0 Å². The van der Waals surface area contributed by atoms with Crippen LogP contribution in [0.15, 0.2) is 36.5 Å². The predicted octanol–water partition coefficient (Wildman–Crippen LogP) is 3.96. The van der Waals surface area contributed by atoms with Crippen LogP contribution in [0.5, 0.6) is 0 Å². The van der Waals surface area contributed by atoms with Gasteiger partial charge in [0, 0.05) is 24.2 Å². The number of nitrogens with one attached hydrogen (secondary N) is 3. The summed E-state index contributed by atoms with van der Waals surface area (Å²) in [5, 5.41) is 3.18. The average Bonchev–Trinajstić information content (AvgIpc) is 3.19. The van der Waals surface area contributed by atoms with Crippen LogP contribution in [0.3, 0.4) is 0 Å². The summed E-state index contributed by atoms with van der Waals surface area (Å²) in [5.74, 6) is -3.69. The summed E-state index contributed by atoms with van der Waals surface area (Å²) in [6, 6.07) is 5.36. The highest BCUT2D eigenvalue weighted by atomic mass is 32.2. The second-order valence-corrected chi connectivity index (χ2v) is 10.1. The lowest BCUT2D eigenvalue weighted by Gasteiger charge is -2.21. The number of carbonyl (C=O) groups excluding carboxylic acids is 1. The van der Waals surface area contributed by atoms with E-state index < -0.39 is 38.8 Å². The normalized spacial score (nSPS) is 14.8. The number of fused-ring (bicyclic) bond motifs is 1. The third-order valence-electron chi connectivity index (χ3n) is 5.54. The van der Waals surface area contributed by atoms with Crippen molar-refractivity contribution >= 4 is 43.9 Å². The van der Waals surface area contributed by atoms with E-state index in [2.05, 4.69) is 38.0 Å². The minimum Gasteiger partial charge on any atom is -0.339 e. The van der Waals surface area contributed by atoms with Crippen LogP contribution in [-0.2, 0) is 10.0 Å². The minimum absolute atomic E-state index is 0.233. The molecule has 2 aromatic heterocycles. The van der Waals surface area contributed by atoms with Gasteiger partial charge in [0.2, 0.25) is 10.0 Å². The zero-order valence-electron chi connectivity index (χ0n) is 18.8. The maximum absolute atomic E-state index is 14.9. The van der Waals surface area contributed by atoms with Crippen molar-refractivity contribution in [3.63, 3.8) is 0 Å². The minimum atomic E-state index is -3.82. The van der Waals surface area contributed by atoms with Crippen molar-refractivity contribution in [1.29, 1.82) is 0 Å². The van der Waals surface area contributed by atoms with Gasteiger partial charge in [0.1, 0.15) is 17.0 Å². The Morgan fingerprint density at radius 3 is 2.76 bits per heavy atom. The Labute approximate surface area is 196 Å². The number of carbonyl (C=O) groups is 1. The molecule has 0 saturated heterocycles. The van der Waals surface area contributed by atoms with Gasteiger partial charge in [-0.2, -0.15) is 0 Å². The van der Waals surface area contributed by atoms with E-state index in [4.69, 9.17) is 0 Å². The van der Waals surface area contributed by atoms with E-state index in [1.165, 1.54) is 11.8 Å². The van der Waals surface area contributed by atoms with Crippen molar-refractivity contribution in [3.05, 3.63) is 59.4 Å². The fourth-order valence-corrected chi connectivity index (χ4v) is 4.92. The number of aromatic amines is 1. The van der Waals surface area contributed by atoms with Crippen LogP contribution in [0.25, 0.3) is 16.6 Å². The molecule has 0 saturated carbocycles. The van der Waals surface area contributed by atoms with Crippen LogP contribution in [0.4, 0.5) is 20.2 Å². The lowest BCUT2D eigenvalue weighted by atomic mass is 10.1. The summed E-state index contributed by atoms with van der Waals surface area (Å²) in [6.07, 6.45) is 4.73. The van der Waals surface area contributed by atoms with Gasteiger partial charge in [0.05, 0.1) is 23.3 Å². The second kappa shape index (κ2) is 9.51. The highest BCUT2D eigenvalue weighted by Crippen LogP contribution is 2.27. The van der Waals surface area contributed by atoms with Crippen molar-refractivity contribution in [3.8, 4) is 0 Å². The number of pyridine rings is 1. The van der Waals surface area contributed by atoms with Gasteiger partial charge in [-0.3, -0.25) is 9.52 Å². The molecule has 1 aliphatic rings. The molecule has 0 fully saturated rings. The molecule has 0 unspecified atom stereocenters. The summed E-state index contributed by atoms with van der Waals surface area (Å²) in [5.41, 5.74) is 1.60. The van der Waals surface area contributed by atoms with Crippen LogP contribution in [0.1, 0.15) is 35.8 Å². The SMILES string of the molecule is CCCS(=O)(=O)Nc1ccc(F)c(C(=O)Nc2cnc3[nH]c(C4=CCN(C)CC4)cc3c2)c1F. The van der Waals surface area contributed by atoms with Gasteiger partial charge < -0.3 is 15.2 Å². The summed E-state index contributed by atoms with van der Waals surface area (Å²) in [6.45, 7) is 3.45. The molecule has 3 N–H and O–H groups in total. The molecule has 3 aromatic rings. The van der Waals surface area contributed by atoms with E-state index in [0.717, 1.165) is 42.7 Å². The van der Waals surface area contributed by atoms with Crippen LogP contribution < -0.4 is 10.0 Å². The lowest BCUT2D eigenvalue weighted by Crippen LogP contribution is -2.23. The highest BCUT2D eigenvalue weighted by molar-refractivity contribution is 7.92. The summed E-state index contributed by atoms with van der Waals surface area (Å²) in [4.78, 5) is 22.5. The first-order chi connectivity index (χ1) is 16.2. The van der Waals surface area contributed by atoms with Gasteiger partial charge in [-0.1, -0.05) is 13.0 Å². The number of nitrogens with zero attached hydrogens (tertiary/aromatic N) is 2. The number of halogens is 2.